The predicted octanol–water partition coefficient (Wildman–Crippen LogP) is 4.16. The first kappa shape index (κ1) is 20.6. The van der Waals surface area contributed by atoms with Gasteiger partial charge in [-0.05, 0) is 60.9 Å². The van der Waals surface area contributed by atoms with E-state index in [1.165, 1.54) is 25.3 Å². The van der Waals surface area contributed by atoms with Gasteiger partial charge in [-0.3, -0.25) is 9.59 Å². The van der Waals surface area contributed by atoms with Crippen molar-refractivity contribution in [3.8, 4) is 11.5 Å². The van der Waals surface area contributed by atoms with E-state index in [1.54, 1.807) is 44.4 Å². The van der Waals surface area contributed by atoms with Gasteiger partial charge in [-0.25, -0.2) is 4.39 Å². The van der Waals surface area contributed by atoms with E-state index in [2.05, 4.69) is 0 Å². The summed E-state index contributed by atoms with van der Waals surface area (Å²) in [7, 11) is 3.08. The van der Waals surface area contributed by atoms with E-state index >= 15 is 0 Å². The maximum atomic E-state index is 13.3. The topological polar surface area (TPSA) is 61.8 Å². The quantitative estimate of drug-likeness (QED) is 0.540. The third-order valence-corrected chi connectivity index (χ3v) is 5.06. The Morgan fingerprint density at radius 3 is 2.45 bits per heavy atom. The highest BCUT2D eigenvalue weighted by atomic mass is 19.1. The zero-order valence-corrected chi connectivity index (χ0v) is 16.6. The standard InChI is InChI=1S/C23H23FO5/c1-4-29-23(26)22-19(18-13-17(27-2)9-10-21(18)28-3)11-15(12-20(22)25)14-5-7-16(24)8-6-14/h5-10,12-13,19,22H,4,11H2,1-3H3/t19-,22+/m1/s1. The van der Waals surface area contributed by atoms with Gasteiger partial charge < -0.3 is 14.2 Å². The largest absolute Gasteiger partial charge is 0.497 e. The van der Waals surface area contributed by atoms with Crippen molar-refractivity contribution >= 4 is 17.3 Å². The molecule has 0 aliphatic heterocycles. The fourth-order valence-corrected chi connectivity index (χ4v) is 3.67. The van der Waals surface area contributed by atoms with Crippen molar-refractivity contribution in [2.45, 2.75) is 19.3 Å². The van der Waals surface area contributed by atoms with Crippen LogP contribution in [0.4, 0.5) is 4.39 Å². The van der Waals surface area contributed by atoms with Crippen LogP contribution in [0.15, 0.2) is 48.5 Å². The van der Waals surface area contributed by atoms with Gasteiger partial charge in [0.2, 0.25) is 0 Å². The first-order valence-electron chi connectivity index (χ1n) is 9.37. The number of carbonyl (C=O) groups is 2. The molecule has 1 aliphatic carbocycles. The van der Waals surface area contributed by atoms with Crippen molar-refractivity contribution in [2.75, 3.05) is 20.8 Å². The summed E-state index contributed by atoms with van der Waals surface area (Å²) in [5.41, 5.74) is 2.14. The van der Waals surface area contributed by atoms with Crippen molar-refractivity contribution in [1.29, 1.82) is 0 Å². The van der Waals surface area contributed by atoms with Crippen molar-refractivity contribution in [3.63, 3.8) is 0 Å². The number of allylic oxidation sites excluding steroid dienone is 2. The van der Waals surface area contributed by atoms with Crippen molar-refractivity contribution in [3.05, 3.63) is 65.5 Å². The Labute approximate surface area is 169 Å². The van der Waals surface area contributed by atoms with Gasteiger partial charge in [-0.15, -0.1) is 0 Å². The molecule has 2 atom stereocenters. The molecule has 0 saturated carbocycles. The van der Waals surface area contributed by atoms with Crippen LogP contribution in [0, 0.1) is 11.7 Å². The molecule has 0 N–H and O–H groups in total. The van der Waals surface area contributed by atoms with Crippen LogP contribution in [0.2, 0.25) is 0 Å². The monoisotopic (exact) mass is 398 g/mol. The summed E-state index contributed by atoms with van der Waals surface area (Å²) in [4.78, 5) is 25.6. The van der Waals surface area contributed by atoms with Crippen LogP contribution in [0.5, 0.6) is 11.5 Å². The molecular weight excluding hydrogens is 375 g/mol. The molecule has 2 aromatic rings. The van der Waals surface area contributed by atoms with Gasteiger partial charge in [0.15, 0.2) is 5.78 Å². The van der Waals surface area contributed by atoms with Crippen molar-refractivity contribution in [1.82, 2.24) is 0 Å². The summed E-state index contributed by atoms with van der Waals surface area (Å²) in [6, 6.07) is 11.2. The molecule has 0 bridgehead atoms. The van der Waals surface area contributed by atoms with Crippen LogP contribution >= 0.6 is 0 Å². The molecule has 0 unspecified atom stereocenters. The highest BCUT2D eigenvalue weighted by molar-refractivity contribution is 6.10. The highest BCUT2D eigenvalue weighted by Gasteiger charge is 2.41. The minimum absolute atomic E-state index is 0.180. The molecule has 29 heavy (non-hydrogen) atoms. The van der Waals surface area contributed by atoms with Crippen LogP contribution in [0.3, 0.4) is 0 Å². The minimum Gasteiger partial charge on any atom is -0.497 e. The van der Waals surface area contributed by atoms with Gasteiger partial charge in [-0.1, -0.05) is 12.1 Å². The first-order valence-corrected chi connectivity index (χ1v) is 9.37. The Bertz CT molecular complexity index is 933. The number of carbonyl (C=O) groups excluding carboxylic acids is 2. The molecular formula is C23H23FO5. The number of hydrogen-bond donors (Lipinski definition) is 0. The van der Waals surface area contributed by atoms with E-state index < -0.39 is 17.8 Å². The summed E-state index contributed by atoms with van der Waals surface area (Å²) >= 11 is 0. The second kappa shape index (κ2) is 8.90. The Morgan fingerprint density at radius 2 is 1.83 bits per heavy atom. The molecule has 6 heteroatoms. The van der Waals surface area contributed by atoms with Crippen LogP contribution in [-0.4, -0.2) is 32.6 Å². The normalized spacial score (nSPS) is 18.8. The van der Waals surface area contributed by atoms with E-state index in [0.29, 0.717) is 23.5 Å². The predicted molar refractivity (Wildman–Crippen MR) is 106 cm³/mol. The lowest BCUT2D eigenvalue weighted by Crippen LogP contribution is -2.34. The van der Waals surface area contributed by atoms with Gasteiger partial charge >= 0.3 is 5.97 Å². The fourth-order valence-electron chi connectivity index (χ4n) is 3.67. The molecule has 0 aromatic heterocycles. The van der Waals surface area contributed by atoms with Gasteiger partial charge in [0, 0.05) is 11.5 Å². The van der Waals surface area contributed by atoms with Gasteiger partial charge in [0.25, 0.3) is 0 Å². The summed E-state index contributed by atoms with van der Waals surface area (Å²) in [5, 5.41) is 0. The average Bonchev–Trinajstić information content (AvgIpc) is 2.73. The van der Waals surface area contributed by atoms with E-state index in [9.17, 15) is 14.0 Å². The highest BCUT2D eigenvalue weighted by Crippen LogP contribution is 2.44. The number of esters is 1. The fraction of sp³-hybridized carbons (Fsp3) is 0.304. The smallest absolute Gasteiger partial charge is 0.317 e. The molecule has 2 aromatic carbocycles. The average molecular weight is 398 g/mol. The third-order valence-electron chi connectivity index (χ3n) is 5.06. The number of ether oxygens (including phenoxy) is 3. The third kappa shape index (κ3) is 4.31. The number of ketones is 1. The lowest BCUT2D eigenvalue weighted by atomic mass is 9.73. The summed E-state index contributed by atoms with van der Waals surface area (Å²) in [6.45, 7) is 1.88. The van der Waals surface area contributed by atoms with Crippen LogP contribution in [0.1, 0.15) is 30.4 Å². The number of hydrogen-bond acceptors (Lipinski definition) is 5. The summed E-state index contributed by atoms with van der Waals surface area (Å²) in [5.74, 6) is -1.61. The van der Waals surface area contributed by atoms with Crippen LogP contribution in [-0.2, 0) is 14.3 Å². The molecule has 0 saturated heterocycles. The zero-order chi connectivity index (χ0) is 21.0. The molecule has 0 heterocycles. The van der Waals surface area contributed by atoms with E-state index in [-0.39, 0.29) is 18.2 Å². The van der Waals surface area contributed by atoms with E-state index in [1.807, 2.05) is 0 Å². The van der Waals surface area contributed by atoms with Gasteiger partial charge in [0.1, 0.15) is 23.2 Å². The zero-order valence-electron chi connectivity index (χ0n) is 16.6. The maximum Gasteiger partial charge on any atom is 0.317 e. The number of halogens is 1. The molecule has 0 fully saturated rings. The Morgan fingerprint density at radius 1 is 1.10 bits per heavy atom. The number of methoxy groups -OCH3 is 2. The second-order valence-electron chi connectivity index (χ2n) is 6.73. The van der Waals surface area contributed by atoms with Crippen molar-refractivity contribution < 1.29 is 28.2 Å². The van der Waals surface area contributed by atoms with Gasteiger partial charge in [0.05, 0.1) is 20.8 Å². The SMILES string of the molecule is CCOC(=O)[C@@H]1C(=O)C=C(c2ccc(F)cc2)C[C@@H]1c1cc(OC)ccc1OC. The van der Waals surface area contributed by atoms with Crippen LogP contribution < -0.4 is 9.47 Å². The molecule has 152 valence electrons. The molecule has 3 rings (SSSR count). The molecule has 1 aliphatic rings. The molecule has 5 nitrogen and oxygen atoms in total. The molecule has 0 amide bonds. The Balaban J connectivity index is 2.10. The Kier molecular flexibility index (Phi) is 6.32. The lowest BCUT2D eigenvalue weighted by Gasteiger charge is -2.30. The van der Waals surface area contributed by atoms with E-state index in [4.69, 9.17) is 14.2 Å². The summed E-state index contributed by atoms with van der Waals surface area (Å²) < 4.78 is 29.3. The first-order chi connectivity index (χ1) is 14.0. The summed E-state index contributed by atoms with van der Waals surface area (Å²) in [6.07, 6.45) is 1.85. The van der Waals surface area contributed by atoms with Gasteiger partial charge in [-0.2, -0.15) is 0 Å². The van der Waals surface area contributed by atoms with Crippen LogP contribution in [0.25, 0.3) is 5.57 Å². The lowest BCUT2D eigenvalue weighted by molar-refractivity contribution is -0.151. The minimum atomic E-state index is -0.986. The second-order valence-corrected chi connectivity index (χ2v) is 6.73. The van der Waals surface area contributed by atoms with Crippen molar-refractivity contribution in [2.24, 2.45) is 5.92 Å². The molecule has 0 spiro atoms. The number of benzene rings is 2. The Hall–Kier alpha value is -3.15. The van der Waals surface area contributed by atoms with E-state index in [0.717, 1.165) is 11.1 Å². The number of rotatable bonds is 6. The molecule has 0 radical (unpaired) electrons. The maximum absolute atomic E-state index is 13.3.